The van der Waals surface area contributed by atoms with Crippen LogP contribution in [0, 0.1) is 5.92 Å². The lowest BCUT2D eigenvalue weighted by Crippen LogP contribution is -2.33. The molecule has 1 atom stereocenters. The van der Waals surface area contributed by atoms with Crippen molar-refractivity contribution in [1.29, 1.82) is 0 Å². The highest BCUT2D eigenvalue weighted by atomic mass is 16.5. The lowest BCUT2D eigenvalue weighted by molar-refractivity contribution is 0.203. The van der Waals surface area contributed by atoms with Gasteiger partial charge in [-0.2, -0.15) is 0 Å². The molecule has 1 aromatic carbocycles. The maximum atomic E-state index is 5.95. The first-order chi connectivity index (χ1) is 11.4. The Hall–Kier alpha value is -2.07. The molecule has 0 unspecified atom stereocenters. The maximum Gasteiger partial charge on any atom is 0.256 e. The molecule has 0 bridgehead atoms. The Morgan fingerprint density at radius 2 is 2.00 bits per heavy atom. The van der Waals surface area contributed by atoms with Gasteiger partial charge in [0.05, 0.1) is 13.2 Å². The Bertz CT molecular complexity index is 583. The Morgan fingerprint density at radius 1 is 1.09 bits per heavy atom. The van der Waals surface area contributed by atoms with E-state index in [9.17, 15) is 0 Å². The van der Waals surface area contributed by atoms with Gasteiger partial charge in [0.2, 0.25) is 0 Å². The molecular weight excluding hydrogens is 288 g/mol. The molecule has 0 spiro atoms. The van der Waals surface area contributed by atoms with E-state index in [4.69, 9.17) is 9.47 Å². The monoisotopic (exact) mass is 312 g/mol. The van der Waals surface area contributed by atoms with Crippen LogP contribution in [0.3, 0.4) is 0 Å². The molecule has 0 radical (unpaired) electrons. The molecule has 0 amide bonds. The van der Waals surface area contributed by atoms with Crippen molar-refractivity contribution < 1.29 is 9.47 Å². The summed E-state index contributed by atoms with van der Waals surface area (Å²) < 4.78 is 11.8. The van der Waals surface area contributed by atoms with Crippen LogP contribution in [0.5, 0.6) is 11.6 Å². The third-order valence-electron chi connectivity index (χ3n) is 4.08. The molecular formula is C19H24N2O2. The van der Waals surface area contributed by atoms with E-state index in [1.165, 1.54) is 18.4 Å². The number of benzene rings is 1. The summed E-state index contributed by atoms with van der Waals surface area (Å²) in [4.78, 5) is 4.31. The Labute approximate surface area is 137 Å². The van der Waals surface area contributed by atoms with Crippen molar-refractivity contribution in [2.24, 2.45) is 5.92 Å². The Kier molecular flexibility index (Phi) is 5.87. The SMILES string of the molecule is c1ccc(CCOc2ncccc2OC[C@H]2CCCNC2)cc1. The first kappa shape index (κ1) is 15.8. The predicted molar refractivity (Wildman–Crippen MR) is 91.0 cm³/mol. The van der Waals surface area contributed by atoms with Gasteiger partial charge in [-0.25, -0.2) is 4.98 Å². The van der Waals surface area contributed by atoms with Crippen LogP contribution in [0.1, 0.15) is 18.4 Å². The van der Waals surface area contributed by atoms with Crippen LogP contribution in [-0.4, -0.2) is 31.3 Å². The average molecular weight is 312 g/mol. The number of nitrogens with one attached hydrogen (secondary N) is 1. The molecule has 1 aromatic heterocycles. The summed E-state index contributed by atoms with van der Waals surface area (Å²) in [5, 5.41) is 3.41. The van der Waals surface area contributed by atoms with E-state index in [1.54, 1.807) is 6.20 Å². The highest BCUT2D eigenvalue weighted by Crippen LogP contribution is 2.25. The smallest absolute Gasteiger partial charge is 0.256 e. The maximum absolute atomic E-state index is 5.95. The minimum Gasteiger partial charge on any atom is -0.488 e. The van der Waals surface area contributed by atoms with Gasteiger partial charge in [-0.1, -0.05) is 30.3 Å². The molecule has 23 heavy (non-hydrogen) atoms. The molecule has 0 saturated carbocycles. The summed E-state index contributed by atoms with van der Waals surface area (Å²) in [5.74, 6) is 1.90. The van der Waals surface area contributed by atoms with Crippen LogP contribution in [0.2, 0.25) is 0 Å². The van der Waals surface area contributed by atoms with Gasteiger partial charge in [0.25, 0.3) is 5.88 Å². The molecule has 1 aliphatic rings. The zero-order valence-corrected chi connectivity index (χ0v) is 13.4. The van der Waals surface area contributed by atoms with Crippen LogP contribution < -0.4 is 14.8 Å². The quantitative estimate of drug-likeness (QED) is 0.853. The largest absolute Gasteiger partial charge is 0.488 e. The fraction of sp³-hybridized carbons (Fsp3) is 0.421. The molecule has 1 aliphatic heterocycles. The molecule has 2 aromatic rings. The molecule has 1 saturated heterocycles. The van der Waals surface area contributed by atoms with Crippen molar-refractivity contribution in [2.45, 2.75) is 19.3 Å². The highest BCUT2D eigenvalue weighted by Gasteiger charge is 2.15. The zero-order chi connectivity index (χ0) is 15.7. The van der Waals surface area contributed by atoms with Gasteiger partial charge in [-0.15, -0.1) is 0 Å². The average Bonchev–Trinajstić information content (AvgIpc) is 2.63. The van der Waals surface area contributed by atoms with Crippen LogP contribution in [0.25, 0.3) is 0 Å². The first-order valence-corrected chi connectivity index (χ1v) is 8.37. The minimum absolute atomic E-state index is 0.570. The van der Waals surface area contributed by atoms with Crippen LogP contribution >= 0.6 is 0 Å². The van der Waals surface area contributed by atoms with Crippen molar-refractivity contribution in [3.63, 3.8) is 0 Å². The van der Waals surface area contributed by atoms with Crippen molar-refractivity contribution >= 4 is 0 Å². The summed E-state index contributed by atoms with van der Waals surface area (Å²) in [6.45, 7) is 3.47. The van der Waals surface area contributed by atoms with Gasteiger partial charge in [0.1, 0.15) is 0 Å². The molecule has 4 heteroatoms. The van der Waals surface area contributed by atoms with Gasteiger partial charge >= 0.3 is 0 Å². The number of nitrogens with zero attached hydrogens (tertiary/aromatic N) is 1. The van der Waals surface area contributed by atoms with Gasteiger partial charge in [-0.3, -0.25) is 0 Å². The number of pyridine rings is 1. The van der Waals surface area contributed by atoms with Gasteiger partial charge in [-0.05, 0) is 37.1 Å². The second-order valence-corrected chi connectivity index (χ2v) is 5.91. The van der Waals surface area contributed by atoms with E-state index in [-0.39, 0.29) is 0 Å². The summed E-state index contributed by atoms with van der Waals surface area (Å²) in [6.07, 6.45) is 5.05. The molecule has 0 aliphatic carbocycles. The summed E-state index contributed by atoms with van der Waals surface area (Å²) >= 11 is 0. The third kappa shape index (κ3) is 4.96. The second kappa shape index (κ2) is 8.53. The van der Waals surface area contributed by atoms with E-state index in [1.807, 2.05) is 30.3 Å². The number of ether oxygens (including phenoxy) is 2. The number of rotatable bonds is 7. The fourth-order valence-electron chi connectivity index (χ4n) is 2.78. The zero-order valence-electron chi connectivity index (χ0n) is 13.4. The number of hydrogen-bond donors (Lipinski definition) is 1. The van der Waals surface area contributed by atoms with E-state index in [0.29, 0.717) is 25.0 Å². The number of aromatic nitrogens is 1. The van der Waals surface area contributed by atoms with Crippen LogP contribution in [-0.2, 0) is 6.42 Å². The van der Waals surface area contributed by atoms with E-state index < -0.39 is 0 Å². The topological polar surface area (TPSA) is 43.4 Å². The fourth-order valence-corrected chi connectivity index (χ4v) is 2.78. The Morgan fingerprint density at radius 3 is 2.83 bits per heavy atom. The van der Waals surface area contributed by atoms with Gasteiger partial charge in [0, 0.05) is 25.1 Å². The molecule has 122 valence electrons. The molecule has 4 nitrogen and oxygen atoms in total. The summed E-state index contributed by atoms with van der Waals surface area (Å²) in [7, 11) is 0. The van der Waals surface area contributed by atoms with Crippen molar-refractivity contribution in [3.8, 4) is 11.6 Å². The van der Waals surface area contributed by atoms with E-state index in [2.05, 4.69) is 22.4 Å². The second-order valence-electron chi connectivity index (χ2n) is 5.91. The predicted octanol–water partition coefficient (Wildman–Crippen LogP) is 3.08. The lowest BCUT2D eigenvalue weighted by Gasteiger charge is -2.23. The first-order valence-electron chi connectivity index (χ1n) is 8.37. The molecule has 1 fully saturated rings. The van der Waals surface area contributed by atoms with Crippen molar-refractivity contribution in [1.82, 2.24) is 10.3 Å². The van der Waals surface area contributed by atoms with Crippen LogP contribution in [0.4, 0.5) is 0 Å². The van der Waals surface area contributed by atoms with Crippen LogP contribution in [0.15, 0.2) is 48.7 Å². The van der Waals surface area contributed by atoms with Gasteiger partial charge < -0.3 is 14.8 Å². The Balaban J connectivity index is 1.50. The minimum atomic E-state index is 0.570. The normalized spacial score (nSPS) is 17.7. The number of hydrogen-bond acceptors (Lipinski definition) is 4. The van der Waals surface area contributed by atoms with Crippen molar-refractivity contribution in [2.75, 3.05) is 26.3 Å². The molecule has 2 heterocycles. The van der Waals surface area contributed by atoms with Gasteiger partial charge in [0.15, 0.2) is 5.75 Å². The highest BCUT2D eigenvalue weighted by molar-refractivity contribution is 5.32. The van der Waals surface area contributed by atoms with E-state index >= 15 is 0 Å². The third-order valence-corrected chi connectivity index (χ3v) is 4.08. The standard InChI is InChI=1S/C19H24N2O2/c1-2-6-16(7-3-1)10-13-22-19-18(9-5-12-21-19)23-15-17-8-4-11-20-14-17/h1-3,5-7,9,12,17,20H,4,8,10-11,13-15H2/t17-/m0/s1. The van der Waals surface area contributed by atoms with E-state index in [0.717, 1.165) is 25.3 Å². The molecule has 3 rings (SSSR count). The molecule has 1 N–H and O–H groups in total. The number of piperidine rings is 1. The van der Waals surface area contributed by atoms with Crippen molar-refractivity contribution in [3.05, 3.63) is 54.2 Å². The summed E-state index contributed by atoms with van der Waals surface area (Å²) in [6, 6.07) is 14.1. The lowest BCUT2D eigenvalue weighted by atomic mass is 10.0. The summed E-state index contributed by atoms with van der Waals surface area (Å²) in [5.41, 5.74) is 1.26.